The van der Waals surface area contributed by atoms with E-state index < -0.39 is 5.97 Å². The predicted molar refractivity (Wildman–Crippen MR) is 49.6 cm³/mol. The van der Waals surface area contributed by atoms with E-state index in [4.69, 9.17) is 4.74 Å². The van der Waals surface area contributed by atoms with Gasteiger partial charge in [-0.15, -0.1) is 0 Å². The van der Waals surface area contributed by atoms with Gasteiger partial charge in [0.15, 0.2) is 0 Å². The maximum atomic E-state index is 11.1. The van der Waals surface area contributed by atoms with E-state index in [1.54, 1.807) is 31.4 Å². The van der Waals surface area contributed by atoms with Gasteiger partial charge in [-0.3, -0.25) is 4.89 Å². The lowest BCUT2D eigenvalue weighted by Crippen LogP contribution is -2.03. The average Bonchev–Trinajstić information content (AvgIpc) is 2.20. The molecule has 1 aromatic carbocycles. The lowest BCUT2D eigenvalue weighted by atomic mass is 10.1. The summed E-state index contributed by atoms with van der Waals surface area (Å²) in [6, 6.07) is 6.93. The lowest BCUT2D eigenvalue weighted by Gasteiger charge is -2.01. The topological polar surface area (TPSA) is 44.8 Å². The molecule has 0 unspecified atom stereocenters. The Labute approximate surface area is 82.3 Å². The molecule has 0 atom stereocenters. The summed E-state index contributed by atoms with van der Waals surface area (Å²) in [4.78, 5) is 19.8. The third-order valence-electron chi connectivity index (χ3n) is 1.66. The number of benzene rings is 1. The van der Waals surface area contributed by atoms with E-state index in [9.17, 15) is 4.79 Å². The second kappa shape index (κ2) is 5.36. The van der Waals surface area contributed by atoms with Gasteiger partial charge in [-0.1, -0.05) is 12.1 Å². The summed E-state index contributed by atoms with van der Waals surface area (Å²) in [5, 5.41) is 0. The summed E-state index contributed by atoms with van der Waals surface area (Å²) in [7, 11) is 2.91. The average molecular weight is 196 g/mol. The second-order valence-corrected chi connectivity index (χ2v) is 2.67. The number of methoxy groups -OCH3 is 1. The van der Waals surface area contributed by atoms with Crippen molar-refractivity contribution >= 4 is 5.97 Å². The Morgan fingerprint density at radius 2 is 1.86 bits per heavy atom. The molecule has 4 nitrogen and oxygen atoms in total. The van der Waals surface area contributed by atoms with E-state index in [0.717, 1.165) is 5.56 Å². The molecule has 0 N–H and O–H groups in total. The van der Waals surface area contributed by atoms with Crippen LogP contribution in [0.1, 0.15) is 15.9 Å². The standard InChI is InChI=1S/C10H12O4/c1-12-7-8-3-5-9(6-4-8)10(11)14-13-2/h3-6H,7H2,1-2H3. The lowest BCUT2D eigenvalue weighted by molar-refractivity contribution is -0.216. The van der Waals surface area contributed by atoms with Gasteiger partial charge < -0.3 is 4.74 Å². The third kappa shape index (κ3) is 2.83. The minimum Gasteiger partial charge on any atom is -0.380 e. The second-order valence-electron chi connectivity index (χ2n) is 2.67. The number of hydrogen-bond donors (Lipinski definition) is 0. The third-order valence-corrected chi connectivity index (χ3v) is 1.66. The molecule has 0 aromatic heterocycles. The van der Waals surface area contributed by atoms with Crippen LogP contribution in [0, 0.1) is 0 Å². The molecule has 0 aliphatic rings. The summed E-state index contributed by atoms with van der Waals surface area (Å²) < 4.78 is 4.93. The van der Waals surface area contributed by atoms with Crippen molar-refractivity contribution in [2.45, 2.75) is 6.61 Å². The number of carbonyl (C=O) groups excluding carboxylic acids is 1. The van der Waals surface area contributed by atoms with Crippen LogP contribution in [0.25, 0.3) is 0 Å². The Hall–Kier alpha value is -1.39. The van der Waals surface area contributed by atoms with Crippen LogP contribution in [0.5, 0.6) is 0 Å². The predicted octanol–water partition coefficient (Wildman–Crippen LogP) is 1.55. The van der Waals surface area contributed by atoms with E-state index in [0.29, 0.717) is 12.2 Å². The maximum absolute atomic E-state index is 11.1. The van der Waals surface area contributed by atoms with E-state index >= 15 is 0 Å². The molecule has 1 aromatic rings. The van der Waals surface area contributed by atoms with Crippen LogP contribution in [0.2, 0.25) is 0 Å². The molecule has 0 heterocycles. The molecule has 76 valence electrons. The molecular weight excluding hydrogens is 184 g/mol. The van der Waals surface area contributed by atoms with Crippen molar-refractivity contribution in [2.24, 2.45) is 0 Å². The number of carbonyl (C=O) groups is 1. The van der Waals surface area contributed by atoms with Gasteiger partial charge in [0, 0.05) is 7.11 Å². The van der Waals surface area contributed by atoms with E-state index in [-0.39, 0.29) is 0 Å². The van der Waals surface area contributed by atoms with Gasteiger partial charge in [0.05, 0.1) is 19.3 Å². The minimum absolute atomic E-state index is 0.451. The van der Waals surface area contributed by atoms with E-state index in [1.165, 1.54) is 7.11 Å². The molecule has 0 aliphatic carbocycles. The number of hydrogen-bond acceptors (Lipinski definition) is 4. The zero-order valence-corrected chi connectivity index (χ0v) is 8.15. The van der Waals surface area contributed by atoms with Crippen LogP contribution in [0.3, 0.4) is 0 Å². The fourth-order valence-corrected chi connectivity index (χ4v) is 1.03. The van der Waals surface area contributed by atoms with Crippen molar-refractivity contribution in [1.82, 2.24) is 0 Å². The normalized spacial score (nSPS) is 9.86. The van der Waals surface area contributed by atoms with Crippen LogP contribution in [0.4, 0.5) is 0 Å². The van der Waals surface area contributed by atoms with Crippen molar-refractivity contribution < 1.29 is 19.3 Å². The van der Waals surface area contributed by atoms with Crippen molar-refractivity contribution in [2.75, 3.05) is 14.2 Å². The highest BCUT2D eigenvalue weighted by molar-refractivity contribution is 5.88. The molecule has 0 fully saturated rings. The first kappa shape index (κ1) is 10.7. The van der Waals surface area contributed by atoms with Crippen LogP contribution >= 0.6 is 0 Å². The number of ether oxygens (including phenoxy) is 1. The first-order valence-corrected chi connectivity index (χ1v) is 4.11. The van der Waals surface area contributed by atoms with Crippen molar-refractivity contribution in [3.05, 3.63) is 35.4 Å². The van der Waals surface area contributed by atoms with Crippen molar-refractivity contribution in [3.8, 4) is 0 Å². The van der Waals surface area contributed by atoms with Gasteiger partial charge in [0.1, 0.15) is 0 Å². The van der Waals surface area contributed by atoms with E-state index in [1.807, 2.05) is 0 Å². The van der Waals surface area contributed by atoms with Gasteiger partial charge in [0.25, 0.3) is 0 Å². The first-order chi connectivity index (χ1) is 6.77. The Kier molecular flexibility index (Phi) is 4.10. The molecule has 0 saturated carbocycles. The van der Waals surface area contributed by atoms with Gasteiger partial charge in [-0.05, 0) is 17.7 Å². The van der Waals surface area contributed by atoms with Crippen molar-refractivity contribution in [3.63, 3.8) is 0 Å². The number of rotatable bonds is 4. The van der Waals surface area contributed by atoms with Crippen LogP contribution in [0.15, 0.2) is 24.3 Å². The summed E-state index contributed by atoms with van der Waals surface area (Å²) in [6.45, 7) is 0.527. The summed E-state index contributed by atoms with van der Waals surface area (Å²) in [5.74, 6) is -0.503. The molecule has 1 rings (SSSR count). The van der Waals surface area contributed by atoms with Crippen LogP contribution < -0.4 is 0 Å². The smallest absolute Gasteiger partial charge is 0.373 e. The molecule has 14 heavy (non-hydrogen) atoms. The largest absolute Gasteiger partial charge is 0.380 e. The molecule has 0 saturated heterocycles. The molecule has 0 amide bonds. The highest BCUT2D eigenvalue weighted by Gasteiger charge is 2.06. The molecule has 4 heteroatoms. The fraction of sp³-hybridized carbons (Fsp3) is 0.300. The highest BCUT2D eigenvalue weighted by Crippen LogP contribution is 2.06. The van der Waals surface area contributed by atoms with Gasteiger partial charge in [0.2, 0.25) is 0 Å². The summed E-state index contributed by atoms with van der Waals surface area (Å²) in [6.07, 6.45) is 0. The Morgan fingerprint density at radius 1 is 1.21 bits per heavy atom. The Balaban J connectivity index is 2.67. The quantitative estimate of drug-likeness (QED) is 0.541. The molecule has 0 spiro atoms. The SMILES string of the molecule is COCc1ccc(C(=O)OOC)cc1. The fourth-order valence-electron chi connectivity index (χ4n) is 1.03. The Morgan fingerprint density at radius 3 is 2.36 bits per heavy atom. The van der Waals surface area contributed by atoms with E-state index in [2.05, 4.69) is 9.78 Å². The maximum Gasteiger partial charge on any atom is 0.373 e. The van der Waals surface area contributed by atoms with Crippen LogP contribution in [-0.2, 0) is 21.1 Å². The molecule has 0 bridgehead atoms. The minimum atomic E-state index is -0.503. The first-order valence-electron chi connectivity index (χ1n) is 4.11. The monoisotopic (exact) mass is 196 g/mol. The molecule has 0 radical (unpaired) electrons. The summed E-state index contributed by atoms with van der Waals surface area (Å²) in [5.41, 5.74) is 1.45. The zero-order chi connectivity index (χ0) is 10.4. The Bertz CT molecular complexity index is 291. The molecular formula is C10H12O4. The summed E-state index contributed by atoms with van der Waals surface area (Å²) >= 11 is 0. The van der Waals surface area contributed by atoms with Gasteiger partial charge in [-0.2, -0.15) is 4.89 Å². The molecule has 0 aliphatic heterocycles. The van der Waals surface area contributed by atoms with Crippen LogP contribution in [-0.4, -0.2) is 20.2 Å². The zero-order valence-electron chi connectivity index (χ0n) is 8.15. The highest BCUT2D eigenvalue weighted by atomic mass is 17.2. The van der Waals surface area contributed by atoms with Gasteiger partial charge in [-0.25, -0.2) is 4.79 Å². The van der Waals surface area contributed by atoms with Gasteiger partial charge >= 0.3 is 5.97 Å². The van der Waals surface area contributed by atoms with Crippen molar-refractivity contribution in [1.29, 1.82) is 0 Å².